The molecule has 0 atom stereocenters. The maximum atomic E-state index is 11.8. The first-order valence-electron chi connectivity index (χ1n) is 7.11. The molecule has 1 saturated carbocycles. The number of nitrogens with zero attached hydrogens (tertiary/aromatic N) is 1. The summed E-state index contributed by atoms with van der Waals surface area (Å²) >= 11 is 0. The number of amides is 1. The fraction of sp³-hybridized carbons (Fsp3) is 0.438. The molecule has 4 heteroatoms. The maximum absolute atomic E-state index is 11.8. The minimum absolute atomic E-state index is 0.0983. The minimum Gasteiger partial charge on any atom is -0.450 e. The number of aromatic amines is 1. The Morgan fingerprint density at radius 2 is 2.15 bits per heavy atom. The molecule has 1 N–H and O–H groups in total. The summed E-state index contributed by atoms with van der Waals surface area (Å²) in [6, 6.07) is 8.33. The van der Waals surface area contributed by atoms with Crippen LogP contribution in [0.15, 0.2) is 30.5 Å². The van der Waals surface area contributed by atoms with Crippen molar-refractivity contribution in [2.24, 2.45) is 0 Å². The minimum atomic E-state index is -0.237. The highest BCUT2D eigenvalue weighted by Gasteiger charge is 2.47. The topological polar surface area (TPSA) is 45.3 Å². The first-order valence-corrected chi connectivity index (χ1v) is 7.11. The van der Waals surface area contributed by atoms with Crippen LogP contribution in [0.3, 0.4) is 0 Å². The lowest BCUT2D eigenvalue weighted by Crippen LogP contribution is -2.34. The third-order valence-corrected chi connectivity index (χ3v) is 4.13. The summed E-state index contributed by atoms with van der Waals surface area (Å²) in [5, 5.41) is 1.27. The zero-order chi connectivity index (χ0) is 14.2. The highest BCUT2D eigenvalue weighted by molar-refractivity contribution is 5.85. The molecule has 1 fully saturated rings. The SMILES string of the molecule is CCOC(=O)N(C)CC1(c2c[nH]c3ccccc23)CC1. The van der Waals surface area contributed by atoms with Crippen LogP contribution >= 0.6 is 0 Å². The fourth-order valence-corrected chi connectivity index (χ4v) is 2.93. The summed E-state index contributed by atoms with van der Waals surface area (Å²) in [5.74, 6) is 0. The summed E-state index contributed by atoms with van der Waals surface area (Å²) in [4.78, 5) is 16.8. The predicted molar refractivity (Wildman–Crippen MR) is 78.9 cm³/mol. The summed E-state index contributed by atoms with van der Waals surface area (Å²) in [6.45, 7) is 2.97. The van der Waals surface area contributed by atoms with E-state index in [1.165, 1.54) is 10.9 Å². The van der Waals surface area contributed by atoms with E-state index in [0.717, 1.165) is 18.4 Å². The number of hydrogen-bond donors (Lipinski definition) is 1. The number of para-hydroxylation sites is 1. The Morgan fingerprint density at radius 3 is 2.85 bits per heavy atom. The Bertz CT molecular complexity index is 628. The first kappa shape index (κ1) is 13.0. The van der Waals surface area contributed by atoms with Gasteiger partial charge in [0, 0.05) is 36.1 Å². The molecule has 2 aromatic rings. The van der Waals surface area contributed by atoms with Gasteiger partial charge < -0.3 is 14.6 Å². The fourth-order valence-electron chi connectivity index (χ4n) is 2.93. The summed E-state index contributed by atoms with van der Waals surface area (Å²) in [6.07, 6.45) is 4.10. The van der Waals surface area contributed by atoms with Crippen LogP contribution in [0, 0.1) is 0 Å². The smallest absolute Gasteiger partial charge is 0.409 e. The average molecular weight is 272 g/mol. The molecule has 0 bridgehead atoms. The number of aromatic nitrogens is 1. The van der Waals surface area contributed by atoms with Crippen LogP contribution in [0.4, 0.5) is 4.79 Å². The van der Waals surface area contributed by atoms with Gasteiger partial charge in [0.25, 0.3) is 0 Å². The van der Waals surface area contributed by atoms with Crippen LogP contribution in [0.25, 0.3) is 10.9 Å². The molecule has 0 saturated heterocycles. The van der Waals surface area contributed by atoms with Gasteiger partial charge in [-0.05, 0) is 31.4 Å². The quantitative estimate of drug-likeness (QED) is 0.928. The van der Waals surface area contributed by atoms with Crippen LogP contribution in [0.5, 0.6) is 0 Å². The molecule has 1 aromatic carbocycles. The van der Waals surface area contributed by atoms with Gasteiger partial charge in [-0.2, -0.15) is 0 Å². The molecule has 1 heterocycles. The van der Waals surface area contributed by atoms with Crippen molar-refractivity contribution in [1.29, 1.82) is 0 Å². The van der Waals surface area contributed by atoms with Gasteiger partial charge >= 0.3 is 6.09 Å². The van der Waals surface area contributed by atoms with Crippen molar-refractivity contribution in [2.75, 3.05) is 20.2 Å². The van der Waals surface area contributed by atoms with E-state index in [2.05, 4.69) is 29.4 Å². The number of ether oxygens (including phenoxy) is 1. The monoisotopic (exact) mass is 272 g/mol. The third kappa shape index (κ3) is 2.15. The van der Waals surface area contributed by atoms with Gasteiger partial charge in [-0.25, -0.2) is 4.79 Å². The molecule has 0 aliphatic heterocycles. The van der Waals surface area contributed by atoms with Gasteiger partial charge in [-0.3, -0.25) is 0 Å². The molecule has 20 heavy (non-hydrogen) atoms. The van der Waals surface area contributed by atoms with Gasteiger partial charge in [-0.15, -0.1) is 0 Å². The van der Waals surface area contributed by atoms with Crippen molar-refractivity contribution in [3.8, 4) is 0 Å². The number of fused-ring (bicyclic) bond motifs is 1. The van der Waals surface area contributed by atoms with E-state index in [1.54, 1.807) is 4.90 Å². The zero-order valence-electron chi connectivity index (χ0n) is 12.0. The number of nitrogens with one attached hydrogen (secondary N) is 1. The van der Waals surface area contributed by atoms with E-state index >= 15 is 0 Å². The lowest BCUT2D eigenvalue weighted by atomic mass is 9.95. The number of rotatable bonds is 4. The molecule has 1 aliphatic carbocycles. The van der Waals surface area contributed by atoms with Crippen molar-refractivity contribution >= 4 is 17.0 Å². The van der Waals surface area contributed by atoms with Gasteiger partial charge in [-0.1, -0.05) is 18.2 Å². The first-order chi connectivity index (χ1) is 9.66. The normalized spacial score (nSPS) is 16.1. The Labute approximate surface area is 118 Å². The zero-order valence-corrected chi connectivity index (χ0v) is 12.0. The Morgan fingerprint density at radius 1 is 1.40 bits per heavy atom. The molecule has 0 unspecified atom stereocenters. The second-order valence-corrected chi connectivity index (χ2v) is 5.58. The van der Waals surface area contributed by atoms with Gasteiger partial charge in [0.2, 0.25) is 0 Å². The predicted octanol–water partition coefficient (Wildman–Crippen LogP) is 3.29. The number of hydrogen-bond acceptors (Lipinski definition) is 2. The maximum Gasteiger partial charge on any atom is 0.409 e. The number of benzene rings is 1. The van der Waals surface area contributed by atoms with Crippen molar-refractivity contribution in [1.82, 2.24) is 9.88 Å². The van der Waals surface area contributed by atoms with E-state index < -0.39 is 0 Å². The van der Waals surface area contributed by atoms with Crippen molar-refractivity contribution in [2.45, 2.75) is 25.2 Å². The molecule has 0 spiro atoms. The van der Waals surface area contributed by atoms with Crippen LogP contribution in [-0.2, 0) is 10.2 Å². The molecule has 3 rings (SSSR count). The number of carbonyl (C=O) groups is 1. The second-order valence-electron chi connectivity index (χ2n) is 5.58. The van der Waals surface area contributed by atoms with E-state index in [0.29, 0.717) is 13.2 Å². The van der Waals surface area contributed by atoms with E-state index in [-0.39, 0.29) is 11.5 Å². The molecule has 106 valence electrons. The molecule has 4 nitrogen and oxygen atoms in total. The molecule has 0 radical (unpaired) electrons. The van der Waals surface area contributed by atoms with Crippen LogP contribution < -0.4 is 0 Å². The molecule has 1 amide bonds. The van der Waals surface area contributed by atoms with Crippen molar-refractivity contribution in [3.05, 3.63) is 36.0 Å². The molecule has 1 aliphatic rings. The van der Waals surface area contributed by atoms with Crippen molar-refractivity contribution < 1.29 is 9.53 Å². The second kappa shape index (κ2) is 4.85. The van der Waals surface area contributed by atoms with E-state index in [1.807, 2.05) is 20.0 Å². The van der Waals surface area contributed by atoms with Gasteiger partial charge in [0.05, 0.1) is 6.61 Å². The standard InChI is InChI=1S/C16H20N2O2/c1-3-20-15(19)18(2)11-16(8-9-16)13-10-17-14-7-5-4-6-12(13)14/h4-7,10,17H,3,8-9,11H2,1-2H3. The van der Waals surface area contributed by atoms with Gasteiger partial charge in [0.1, 0.15) is 0 Å². The van der Waals surface area contributed by atoms with Crippen molar-refractivity contribution in [3.63, 3.8) is 0 Å². The summed E-state index contributed by atoms with van der Waals surface area (Å²) < 4.78 is 5.06. The summed E-state index contributed by atoms with van der Waals surface area (Å²) in [7, 11) is 1.81. The van der Waals surface area contributed by atoms with Gasteiger partial charge in [0.15, 0.2) is 0 Å². The number of H-pyrrole nitrogens is 1. The molecular formula is C16H20N2O2. The van der Waals surface area contributed by atoms with E-state index in [9.17, 15) is 4.79 Å². The van der Waals surface area contributed by atoms with Crippen LogP contribution in [0.1, 0.15) is 25.3 Å². The number of carbonyl (C=O) groups excluding carboxylic acids is 1. The Hall–Kier alpha value is -1.97. The molecular weight excluding hydrogens is 252 g/mol. The number of likely N-dealkylation sites (N-methyl/N-ethyl adjacent to an activating group) is 1. The summed E-state index contributed by atoms with van der Waals surface area (Å²) in [5.41, 5.74) is 2.58. The third-order valence-electron chi connectivity index (χ3n) is 4.13. The van der Waals surface area contributed by atoms with Crippen LogP contribution in [-0.4, -0.2) is 36.2 Å². The highest BCUT2D eigenvalue weighted by Crippen LogP contribution is 2.50. The lowest BCUT2D eigenvalue weighted by Gasteiger charge is -2.23. The van der Waals surface area contributed by atoms with E-state index in [4.69, 9.17) is 4.74 Å². The Balaban J connectivity index is 1.84. The highest BCUT2D eigenvalue weighted by atomic mass is 16.5. The van der Waals surface area contributed by atoms with Crippen LogP contribution in [0.2, 0.25) is 0 Å². The molecule has 1 aromatic heterocycles. The average Bonchev–Trinajstić information content (AvgIpc) is 3.09. The lowest BCUT2D eigenvalue weighted by molar-refractivity contribution is 0.113. The Kier molecular flexibility index (Phi) is 3.16. The largest absolute Gasteiger partial charge is 0.450 e.